The molecule has 6 nitrogen and oxygen atoms in total. The maximum absolute atomic E-state index is 13.7. The maximum Gasteiger partial charge on any atom is 0.365 e. The van der Waals surface area contributed by atoms with Crippen molar-refractivity contribution in [3.63, 3.8) is 0 Å². The van der Waals surface area contributed by atoms with Gasteiger partial charge >= 0.3 is 5.97 Å². The number of nitrogens with zero attached hydrogens (tertiary/aromatic N) is 1. The molecule has 2 aromatic carbocycles. The smallest absolute Gasteiger partial charge is 0.365 e. The van der Waals surface area contributed by atoms with E-state index in [1.165, 1.54) is 0 Å². The first kappa shape index (κ1) is 23.3. The van der Waals surface area contributed by atoms with Crippen molar-refractivity contribution in [2.24, 2.45) is 21.4 Å². The van der Waals surface area contributed by atoms with E-state index < -0.39 is 11.4 Å². The van der Waals surface area contributed by atoms with Gasteiger partial charge in [0.15, 0.2) is 0 Å². The van der Waals surface area contributed by atoms with Crippen LogP contribution in [0, 0.1) is 23.2 Å². The fourth-order valence-electron chi connectivity index (χ4n) is 5.38. The molecule has 0 spiro atoms. The van der Waals surface area contributed by atoms with Crippen LogP contribution in [-0.4, -0.2) is 24.7 Å². The van der Waals surface area contributed by atoms with Gasteiger partial charge in [-0.15, -0.1) is 0 Å². The zero-order chi connectivity index (χ0) is 24.0. The SMILES string of the molecule is COc1ccc(C(=O)O/N=C2/CC3(C(=O)Nc4cccc(Cl)c4C)CCC2(C)C3(C)C)cc1. The van der Waals surface area contributed by atoms with Gasteiger partial charge in [-0.05, 0) is 67.1 Å². The standard InChI is InChI=1S/C26H29ClN2O4/c1-16-19(27)7-6-8-20(16)28-23(31)26-14-13-25(4,24(26,2)3)21(15-26)29-33-22(30)17-9-11-18(32-5)12-10-17/h6-12H,13-15H2,1-5H3,(H,28,31)/b29-21-. The Morgan fingerprint density at radius 3 is 2.42 bits per heavy atom. The lowest BCUT2D eigenvalue weighted by molar-refractivity contribution is -0.130. The average Bonchev–Trinajstić information content (AvgIpc) is 3.11. The lowest BCUT2D eigenvalue weighted by atomic mass is 9.64. The minimum absolute atomic E-state index is 0.0479. The van der Waals surface area contributed by atoms with E-state index in [9.17, 15) is 9.59 Å². The molecule has 2 unspecified atom stereocenters. The Morgan fingerprint density at radius 1 is 1.06 bits per heavy atom. The van der Waals surface area contributed by atoms with Gasteiger partial charge in [0.1, 0.15) is 5.75 Å². The monoisotopic (exact) mass is 468 g/mol. The number of carbonyl (C=O) groups is 2. The molecule has 2 aliphatic carbocycles. The number of rotatable bonds is 5. The van der Waals surface area contributed by atoms with E-state index in [4.69, 9.17) is 21.2 Å². The Kier molecular flexibility index (Phi) is 5.77. The predicted octanol–water partition coefficient (Wildman–Crippen LogP) is 6.02. The number of nitrogens with one attached hydrogen (secondary N) is 1. The van der Waals surface area contributed by atoms with Crippen LogP contribution in [0.4, 0.5) is 5.69 Å². The zero-order valence-electron chi connectivity index (χ0n) is 19.6. The van der Waals surface area contributed by atoms with E-state index in [2.05, 4.69) is 31.2 Å². The van der Waals surface area contributed by atoms with E-state index in [0.717, 1.165) is 24.1 Å². The van der Waals surface area contributed by atoms with E-state index in [-0.39, 0.29) is 16.7 Å². The van der Waals surface area contributed by atoms with Crippen LogP contribution in [0.1, 0.15) is 56.0 Å². The van der Waals surface area contributed by atoms with Crippen LogP contribution in [-0.2, 0) is 9.63 Å². The molecule has 1 N–H and O–H groups in total. The second-order valence-electron chi connectivity index (χ2n) is 9.73. The molecule has 0 saturated heterocycles. The first-order valence-corrected chi connectivity index (χ1v) is 11.4. The number of methoxy groups -OCH3 is 1. The molecule has 0 heterocycles. The fourth-order valence-corrected chi connectivity index (χ4v) is 5.56. The summed E-state index contributed by atoms with van der Waals surface area (Å²) >= 11 is 6.25. The van der Waals surface area contributed by atoms with Gasteiger partial charge in [-0.2, -0.15) is 0 Å². The Bertz CT molecular complexity index is 1140. The van der Waals surface area contributed by atoms with Crippen LogP contribution >= 0.6 is 11.6 Å². The number of fused-ring (bicyclic) bond motifs is 2. The summed E-state index contributed by atoms with van der Waals surface area (Å²) < 4.78 is 5.12. The van der Waals surface area contributed by atoms with Crippen molar-refractivity contribution >= 4 is 34.9 Å². The first-order valence-electron chi connectivity index (χ1n) is 11.0. The average molecular weight is 469 g/mol. The topological polar surface area (TPSA) is 77.0 Å². The number of hydrogen-bond donors (Lipinski definition) is 1. The van der Waals surface area contributed by atoms with Crippen molar-refractivity contribution in [1.82, 2.24) is 0 Å². The van der Waals surface area contributed by atoms with Crippen molar-refractivity contribution in [1.29, 1.82) is 0 Å². The third-order valence-corrected chi connectivity index (χ3v) is 8.66. The van der Waals surface area contributed by atoms with Gasteiger partial charge in [0.05, 0.1) is 23.8 Å². The van der Waals surface area contributed by atoms with Crippen molar-refractivity contribution in [2.75, 3.05) is 12.4 Å². The summed E-state index contributed by atoms with van der Waals surface area (Å²) in [5.41, 5.74) is 1.30. The number of carbonyl (C=O) groups excluding carboxylic acids is 2. The highest BCUT2D eigenvalue weighted by molar-refractivity contribution is 6.31. The van der Waals surface area contributed by atoms with Crippen molar-refractivity contribution in [3.05, 3.63) is 58.6 Å². The minimum Gasteiger partial charge on any atom is -0.497 e. The Labute approximate surface area is 199 Å². The second kappa shape index (κ2) is 8.17. The summed E-state index contributed by atoms with van der Waals surface area (Å²) in [6, 6.07) is 12.2. The molecule has 0 radical (unpaired) electrons. The van der Waals surface area contributed by atoms with Crippen LogP contribution in [0.25, 0.3) is 0 Å². The molecule has 2 atom stereocenters. The molecule has 2 aromatic rings. The number of oxime groups is 1. The van der Waals surface area contributed by atoms with Gasteiger partial charge in [0, 0.05) is 22.5 Å². The number of benzene rings is 2. The number of anilines is 1. The van der Waals surface area contributed by atoms with Crippen molar-refractivity contribution in [2.45, 2.75) is 47.0 Å². The lowest BCUT2D eigenvalue weighted by Gasteiger charge is -2.39. The number of halogens is 1. The molecule has 2 bridgehead atoms. The highest BCUT2D eigenvalue weighted by Gasteiger charge is 2.71. The van der Waals surface area contributed by atoms with Crippen LogP contribution < -0.4 is 10.1 Å². The molecular formula is C26H29ClN2O4. The van der Waals surface area contributed by atoms with E-state index >= 15 is 0 Å². The van der Waals surface area contributed by atoms with Crippen LogP contribution in [0.5, 0.6) is 5.75 Å². The molecule has 0 aromatic heterocycles. The minimum atomic E-state index is -0.651. The maximum atomic E-state index is 13.7. The number of hydrogen-bond acceptors (Lipinski definition) is 5. The molecule has 7 heteroatoms. The summed E-state index contributed by atoms with van der Waals surface area (Å²) in [7, 11) is 1.57. The lowest BCUT2D eigenvalue weighted by Crippen LogP contribution is -2.43. The van der Waals surface area contributed by atoms with Crippen molar-refractivity contribution < 1.29 is 19.2 Å². The molecular weight excluding hydrogens is 440 g/mol. The van der Waals surface area contributed by atoms with Gasteiger partial charge in [0.25, 0.3) is 0 Å². The normalized spacial score (nSPS) is 26.3. The number of amides is 1. The second-order valence-corrected chi connectivity index (χ2v) is 10.1. The van der Waals surface area contributed by atoms with Gasteiger partial charge < -0.3 is 14.9 Å². The third-order valence-electron chi connectivity index (χ3n) is 8.25. The Balaban J connectivity index is 1.58. The molecule has 0 aliphatic heterocycles. The Hall–Kier alpha value is -2.86. The highest BCUT2D eigenvalue weighted by Crippen LogP contribution is 2.71. The summed E-state index contributed by atoms with van der Waals surface area (Å²) in [5, 5.41) is 8.01. The van der Waals surface area contributed by atoms with E-state index in [1.54, 1.807) is 37.4 Å². The molecule has 33 heavy (non-hydrogen) atoms. The molecule has 4 rings (SSSR count). The van der Waals surface area contributed by atoms with Gasteiger partial charge in [-0.1, -0.05) is 43.6 Å². The molecule has 2 saturated carbocycles. The van der Waals surface area contributed by atoms with Gasteiger partial charge in [-0.25, -0.2) is 4.79 Å². The highest BCUT2D eigenvalue weighted by atomic mass is 35.5. The van der Waals surface area contributed by atoms with Crippen molar-refractivity contribution in [3.8, 4) is 5.75 Å². The third kappa shape index (κ3) is 3.52. The van der Waals surface area contributed by atoms with Crippen LogP contribution in [0.15, 0.2) is 47.6 Å². The van der Waals surface area contributed by atoms with E-state index in [0.29, 0.717) is 28.4 Å². The van der Waals surface area contributed by atoms with Gasteiger partial charge in [-0.3, -0.25) is 4.79 Å². The summed E-state index contributed by atoms with van der Waals surface area (Å²) in [5.74, 6) is 0.0683. The summed E-state index contributed by atoms with van der Waals surface area (Å²) in [6.07, 6.45) is 1.98. The number of ether oxygens (including phenoxy) is 1. The first-order chi connectivity index (χ1) is 15.6. The summed E-state index contributed by atoms with van der Waals surface area (Å²) in [6.45, 7) is 8.22. The van der Waals surface area contributed by atoms with E-state index in [1.807, 2.05) is 19.1 Å². The molecule has 2 fully saturated rings. The predicted molar refractivity (Wildman–Crippen MR) is 129 cm³/mol. The molecule has 2 aliphatic rings. The fraction of sp³-hybridized carbons (Fsp3) is 0.423. The largest absolute Gasteiger partial charge is 0.497 e. The Morgan fingerprint density at radius 2 is 1.76 bits per heavy atom. The zero-order valence-corrected chi connectivity index (χ0v) is 20.4. The van der Waals surface area contributed by atoms with Crippen LogP contribution in [0.2, 0.25) is 5.02 Å². The van der Waals surface area contributed by atoms with Gasteiger partial charge in [0.2, 0.25) is 5.91 Å². The molecule has 1 amide bonds. The summed E-state index contributed by atoms with van der Waals surface area (Å²) in [4.78, 5) is 31.5. The van der Waals surface area contributed by atoms with Crippen LogP contribution in [0.3, 0.4) is 0 Å². The quantitative estimate of drug-likeness (QED) is 0.429. The molecule has 174 valence electrons.